The predicted octanol–water partition coefficient (Wildman–Crippen LogP) is 3.39. The summed E-state index contributed by atoms with van der Waals surface area (Å²) in [5.74, 6) is -0.00557. The second-order valence-electron chi connectivity index (χ2n) is 6.06. The van der Waals surface area contributed by atoms with E-state index in [0.717, 1.165) is 17.8 Å². The van der Waals surface area contributed by atoms with E-state index in [1.165, 1.54) is 11.1 Å². The first kappa shape index (κ1) is 18.2. The van der Waals surface area contributed by atoms with Crippen LogP contribution in [0.5, 0.6) is 0 Å². The van der Waals surface area contributed by atoms with Gasteiger partial charge in [0, 0.05) is 25.9 Å². The molecule has 0 saturated carbocycles. The molecule has 1 N–H and O–H groups in total. The molecule has 0 spiro atoms. The topological polar surface area (TPSA) is 41.6 Å². The van der Waals surface area contributed by atoms with E-state index in [0.29, 0.717) is 19.7 Å². The van der Waals surface area contributed by atoms with Gasteiger partial charge >= 0.3 is 0 Å². The van der Waals surface area contributed by atoms with Gasteiger partial charge in [-0.3, -0.25) is 9.69 Å². The molecule has 0 aliphatic rings. The molecule has 0 fully saturated rings. The van der Waals surface area contributed by atoms with Gasteiger partial charge in [0.15, 0.2) is 0 Å². The second-order valence-corrected chi connectivity index (χ2v) is 6.06. The van der Waals surface area contributed by atoms with Gasteiger partial charge in [-0.25, -0.2) is 0 Å². The summed E-state index contributed by atoms with van der Waals surface area (Å²) in [5, 5.41) is 3.01. The van der Waals surface area contributed by atoms with Crippen LogP contribution in [0.15, 0.2) is 48.5 Å². The molecule has 24 heavy (non-hydrogen) atoms. The molecule has 0 bridgehead atoms. The first-order valence-corrected chi connectivity index (χ1v) is 8.21. The van der Waals surface area contributed by atoms with Crippen molar-refractivity contribution in [2.24, 2.45) is 0 Å². The first-order chi connectivity index (χ1) is 11.6. The number of anilines is 1. The lowest BCUT2D eigenvalue weighted by atomic mass is 10.1. The fraction of sp³-hybridized carbons (Fsp3) is 0.350. The molecule has 0 aromatic heterocycles. The van der Waals surface area contributed by atoms with Gasteiger partial charge in [0.25, 0.3) is 0 Å². The normalized spacial score (nSPS) is 10.8. The maximum atomic E-state index is 12.4. The smallest absolute Gasteiger partial charge is 0.238 e. The molecule has 0 unspecified atom stereocenters. The highest BCUT2D eigenvalue weighted by molar-refractivity contribution is 5.93. The summed E-state index contributed by atoms with van der Waals surface area (Å²) in [7, 11) is 1.68. The number of carbonyl (C=O) groups excluding carboxylic acids is 1. The summed E-state index contributed by atoms with van der Waals surface area (Å²) in [6.45, 7) is 6.44. The van der Waals surface area contributed by atoms with E-state index < -0.39 is 0 Å². The number of hydrogen-bond acceptors (Lipinski definition) is 3. The predicted molar refractivity (Wildman–Crippen MR) is 98.1 cm³/mol. The Hall–Kier alpha value is -2.17. The van der Waals surface area contributed by atoms with E-state index in [9.17, 15) is 4.79 Å². The van der Waals surface area contributed by atoms with Crippen molar-refractivity contribution in [3.63, 3.8) is 0 Å². The van der Waals surface area contributed by atoms with E-state index in [2.05, 4.69) is 28.4 Å². The van der Waals surface area contributed by atoms with Gasteiger partial charge in [0.2, 0.25) is 5.91 Å². The zero-order chi connectivity index (χ0) is 17.4. The average Bonchev–Trinajstić information content (AvgIpc) is 2.56. The number of methoxy groups -OCH3 is 1. The molecule has 0 aliphatic heterocycles. The molecule has 0 aliphatic carbocycles. The average molecular weight is 326 g/mol. The number of carbonyl (C=O) groups is 1. The summed E-state index contributed by atoms with van der Waals surface area (Å²) >= 11 is 0. The van der Waals surface area contributed by atoms with E-state index >= 15 is 0 Å². The summed E-state index contributed by atoms with van der Waals surface area (Å²) in [6, 6.07) is 16.2. The summed E-state index contributed by atoms with van der Waals surface area (Å²) in [4.78, 5) is 14.5. The molecule has 0 saturated heterocycles. The Balaban J connectivity index is 1.98. The lowest BCUT2D eigenvalue weighted by Gasteiger charge is -2.22. The third kappa shape index (κ3) is 5.80. The van der Waals surface area contributed by atoms with Crippen LogP contribution in [0.3, 0.4) is 0 Å². The number of nitrogens with zero attached hydrogens (tertiary/aromatic N) is 1. The van der Waals surface area contributed by atoms with Crippen LogP contribution >= 0.6 is 0 Å². The Bertz CT molecular complexity index is 656. The molecule has 1 amide bonds. The lowest BCUT2D eigenvalue weighted by Crippen LogP contribution is -2.35. The zero-order valence-corrected chi connectivity index (χ0v) is 14.7. The third-order valence-corrected chi connectivity index (χ3v) is 3.88. The number of ether oxygens (including phenoxy) is 1. The molecular weight excluding hydrogens is 300 g/mol. The first-order valence-electron chi connectivity index (χ1n) is 8.21. The fourth-order valence-corrected chi connectivity index (χ4v) is 2.62. The zero-order valence-electron chi connectivity index (χ0n) is 14.7. The SMILES string of the molecule is COCCN(CC(=O)Nc1ccc(C)cc1C)Cc1ccccc1. The van der Waals surface area contributed by atoms with Crippen LogP contribution in [-0.2, 0) is 16.1 Å². The van der Waals surface area contributed by atoms with Gasteiger partial charge in [0.05, 0.1) is 13.2 Å². The van der Waals surface area contributed by atoms with Gasteiger partial charge in [-0.2, -0.15) is 0 Å². The van der Waals surface area contributed by atoms with Crippen LogP contribution in [0.25, 0.3) is 0 Å². The highest BCUT2D eigenvalue weighted by Gasteiger charge is 2.12. The van der Waals surface area contributed by atoms with Gasteiger partial charge in [0.1, 0.15) is 0 Å². The highest BCUT2D eigenvalue weighted by atomic mass is 16.5. The van der Waals surface area contributed by atoms with E-state index in [1.807, 2.05) is 44.2 Å². The van der Waals surface area contributed by atoms with E-state index in [1.54, 1.807) is 7.11 Å². The number of benzene rings is 2. The minimum Gasteiger partial charge on any atom is -0.383 e. The van der Waals surface area contributed by atoms with Crippen LogP contribution in [0, 0.1) is 13.8 Å². The number of aryl methyl sites for hydroxylation is 2. The van der Waals surface area contributed by atoms with Gasteiger partial charge in [-0.15, -0.1) is 0 Å². The number of amides is 1. The lowest BCUT2D eigenvalue weighted by molar-refractivity contribution is -0.117. The quantitative estimate of drug-likeness (QED) is 0.808. The largest absolute Gasteiger partial charge is 0.383 e. The van der Waals surface area contributed by atoms with Crippen LogP contribution in [0.1, 0.15) is 16.7 Å². The molecule has 4 heteroatoms. The fourth-order valence-electron chi connectivity index (χ4n) is 2.62. The van der Waals surface area contributed by atoms with Gasteiger partial charge < -0.3 is 10.1 Å². The van der Waals surface area contributed by atoms with Crippen LogP contribution in [0.2, 0.25) is 0 Å². The third-order valence-electron chi connectivity index (χ3n) is 3.88. The molecule has 0 heterocycles. The molecule has 0 atom stereocenters. The van der Waals surface area contributed by atoms with Crippen molar-refractivity contribution in [1.29, 1.82) is 0 Å². The summed E-state index contributed by atoms with van der Waals surface area (Å²) < 4.78 is 5.17. The van der Waals surface area contributed by atoms with Crippen molar-refractivity contribution in [3.05, 3.63) is 65.2 Å². The Kier molecular flexibility index (Phi) is 6.97. The Morgan fingerprint density at radius 2 is 1.88 bits per heavy atom. The van der Waals surface area contributed by atoms with E-state index in [-0.39, 0.29) is 5.91 Å². The molecule has 128 valence electrons. The van der Waals surface area contributed by atoms with Crippen LogP contribution in [0.4, 0.5) is 5.69 Å². The second kappa shape index (κ2) is 9.21. The van der Waals surface area contributed by atoms with Crippen molar-refractivity contribution in [2.75, 3.05) is 32.1 Å². The Morgan fingerprint density at radius 3 is 2.54 bits per heavy atom. The van der Waals surface area contributed by atoms with Crippen molar-refractivity contribution < 1.29 is 9.53 Å². The molecule has 2 rings (SSSR count). The number of rotatable bonds is 8. The van der Waals surface area contributed by atoms with Crippen molar-refractivity contribution >= 4 is 11.6 Å². The van der Waals surface area contributed by atoms with Crippen molar-refractivity contribution in [1.82, 2.24) is 4.90 Å². The van der Waals surface area contributed by atoms with Crippen molar-refractivity contribution in [3.8, 4) is 0 Å². The van der Waals surface area contributed by atoms with Gasteiger partial charge in [-0.05, 0) is 31.0 Å². The van der Waals surface area contributed by atoms with E-state index in [4.69, 9.17) is 4.74 Å². The van der Waals surface area contributed by atoms with Gasteiger partial charge in [-0.1, -0.05) is 48.0 Å². The van der Waals surface area contributed by atoms with Crippen LogP contribution in [-0.4, -0.2) is 37.6 Å². The molecule has 4 nitrogen and oxygen atoms in total. The van der Waals surface area contributed by atoms with Crippen molar-refractivity contribution in [2.45, 2.75) is 20.4 Å². The highest BCUT2D eigenvalue weighted by Crippen LogP contribution is 2.16. The Labute approximate surface area is 144 Å². The number of nitrogens with one attached hydrogen (secondary N) is 1. The minimum absolute atomic E-state index is 0.00557. The molecule has 2 aromatic carbocycles. The standard InChI is InChI=1S/C20H26N2O2/c1-16-9-10-19(17(2)13-16)21-20(23)15-22(11-12-24-3)14-18-7-5-4-6-8-18/h4-10,13H,11-12,14-15H2,1-3H3,(H,21,23). The molecule has 2 aromatic rings. The number of hydrogen-bond donors (Lipinski definition) is 1. The monoisotopic (exact) mass is 326 g/mol. The summed E-state index contributed by atoms with van der Waals surface area (Å²) in [6.07, 6.45) is 0. The summed E-state index contributed by atoms with van der Waals surface area (Å²) in [5.41, 5.74) is 4.33. The minimum atomic E-state index is -0.00557. The maximum Gasteiger partial charge on any atom is 0.238 e. The Morgan fingerprint density at radius 1 is 1.12 bits per heavy atom. The molecular formula is C20H26N2O2. The van der Waals surface area contributed by atoms with Crippen LogP contribution < -0.4 is 5.32 Å². The molecule has 0 radical (unpaired) electrons. The maximum absolute atomic E-state index is 12.4.